The fourth-order valence-electron chi connectivity index (χ4n) is 3.34. The Labute approximate surface area is 139 Å². The van der Waals surface area contributed by atoms with Crippen LogP contribution in [0.15, 0.2) is 42.5 Å². The number of carbonyl (C=O) groups excluding carboxylic acids is 2. The Hall–Kier alpha value is -2.82. The van der Waals surface area contributed by atoms with Crippen LogP contribution >= 0.6 is 0 Å². The predicted molar refractivity (Wildman–Crippen MR) is 87.2 cm³/mol. The Kier molecular flexibility index (Phi) is 3.49. The van der Waals surface area contributed by atoms with Gasteiger partial charge >= 0.3 is 0 Å². The molecule has 2 heterocycles. The van der Waals surface area contributed by atoms with Crippen LogP contribution in [-0.4, -0.2) is 30.4 Å². The lowest BCUT2D eigenvalue weighted by atomic mass is 9.97. The first-order chi connectivity index (χ1) is 11.6. The molecule has 0 aromatic heterocycles. The zero-order valence-electron chi connectivity index (χ0n) is 13.3. The first-order valence-corrected chi connectivity index (χ1v) is 7.90. The van der Waals surface area contributed by atoms with Crippen LogP contribution in [0.3, 0.4) is 0 Å². The van der Waals surface area contributed by atoms with Crippen LogP contribution in [0.4, 0.5) is 0 Å². The van der Waals surface area contributed by atoms with Gasteiger partial charge in [-0.15, -0.1) is 0 Å². The van der Waals surface area contributed by atoms with Crippen molar-refractivity contribution >= 4 is 11.7 Å². The van der Waals surface area contributed by atoms with Crippen LogP contribution in [0, 0.1) is 0 Å². The molecule has 2 aromatic carbocycles. The Morgan fingerprint density at radius 2 is 1.96 bits per heavy atom. The molecule has 4 rings (SSSR count). The van der Waals surface area contributed by atoms with Gasteiger partial charge in [0.25, 0.3) is 5.91 Å². The van der Waals surface area contributed by atoms with Crippen molar-refractivity contribution in [2.24, 2.45) is 0 Å². The Balaban J connectivity index is 1.49. The van der Waals surface area contributed by atoms with Gasteiger partial charge in [0, 0.05) is 25.5 Å². The van der Waals surface area contributed by atoms with Crippen molar-refractivity contribution in [2.45, 2.75) is 18.9 Å². The number of rotatable bonds is 4. The maximum absolute atomic E-state index is 12.5. The molecule has 5 heteroatoms. The van der Waals surface area contributed by atoms with Crippen LogP contribution in [0.5, 0.6) is 11.5 Å². The molecule has 122 valence electrons. The smallest absolute Gasteiger partial charge is 0.254 e. The van der Waals surface area contributed by atoms with Gasteiger partial charge in [-0.1, -0.05) is 24.3 Å². The van der Waals surface area contributed by atoms with Crippen LogP contribution in [0.25, 0.3) is 0 Å². The van der Waals surface area contributed by atoms with E-state index in [1.54, 1.807) is 11.9 Å². The minimum atomic E-state index is -0.185. The minimum absolute atomic E-state index is 0.0218. The molecule has 2 aromatic rings. The van der Waals surface area contributed by atoms with E-state index in [2.05, 4.69) is 0 Å². The molecule has 1 atom stereocenters. The van der Waals surface area contributed by atoms with E-state index in [0.29, 0.717) is 29.9 Å². The van der Waals surface area contributed by atoms with Gasteiger partial charge < -0.3 is 14.4 Å². The highest BCUT2D eigenvalue weighted by molar-refractivity contribution is 5.99. The van der Waals surface area contributed by atoms with Crippen molar-refractivity contribution < 1.29 is 19.1 Å². The minimum Gasteiger partial charge on any atom is -0.454 e. The van der Waals surface area contributed by atoms with Crippen LogP contribution < -0.4 is 9.47 Å². The third-order valence-electron chi connectivity index (χ3n) is 4.60. The van der Waals surface area contributed by atoms with Gasteiger partial charge in [-0.3, -0.25) is 9.59 Å². The Bertz CT molecular complexity index is 830. The zero-order chi connectivity index (χ0) is 16.7. The number of amides is 1. The largest absolute Gasteiger partial charge is 0.454 e. The first kappa shape index (κ1) is 14.8. The molecule has 2 aliphatic heterocycles. The molecule has 0 saturated carbocycles. The maximum Gasteiger partial charge on any atom is 0.254 e. The monoisotopic (exact) mass is 323 g/mol. The van der Waals surface area contributed by atoms with Gasteiger partial charge in [-0.05, 0) is 29.3 Å². The molecular formula is C19H17NO4. The number of ketones is 1. The number of ether oxygens (including phenoxy) is 2. The number of hydrogen-bond donors (Lipinski definition) is 0. The quantitative estimate of drug-likeness (QED) is 0.868. The second-order valence-corrected chi connectivity index (χ2v) is 6.13. The van der Waals surface area contributed by atoms with E-state index in [1.807, 2.05) is 42.5 Å². The van der Waals surface area contributed by atoms with Gasteiger partial charge in [0.05, 0.1) is 6.04 Å². The summed E-state index contributed by atoms with van der Waals surface area (Å²) in [6.07, 6.45) is 0.630. The third kappa shape index (κ3) is 2.42. The number of hydrogen-bond acceptors (Lipinski definition) is 4. The highest BCUT2D eigenvalue weighted by Crippen LogP contribution is 2.36. The van der Waals surface area contributed by atoms with Gasteiger partial charge in [0.2, 0.25) is 6.79 Å². The summed E-state index contributed by atoms with van der Waals surface area (Å²) in [5, 5.41) is 0. The molecule has 1 amide bonds. The van der Waals surface area contributed by atoms with Gasteiger partial charge in [-0.25, -0.2) is 0 Å². The lowest BCUT2D eigenvalue weighted by Crippen LogP contribution is -2.25. The van der Waals surface area contributed by atoms with E-state index < -0.39 is 0 Å². The van der Waals surface area contributed by atoms with E-state index >= 15 is 0 Å². The molecule has 24 heavy (non-hydrogen) atoms. The summed E-state index contributed by atoms with van der Waals surface area (Å²) in [6, 6.07) is 12.9. The topological polar surface area (TPSA) is 55.8 Å². The summed E-state index contributed by atoms with van der Waals surface area (Å²) in [4.78, 5) is 26.4. The fourth-order valence-corrected chi connectivity index (χ4v) is 3.34. The molecule has 2 aliphatic rings. The van der Waals surface area contributed by atoms with Crippen molar-refractivity contribution in [3.8, 4) is 11.5 Å². The maximum atomic E-state index is 12.5. The van der Waals surface area contributed by atoms with Crippen molar-refractivity contribution in [3.05, 3.63) is 59.2 Å². The van der Waals surface area contributed by atoms with Gasteiger partial charge in [0.15, 0.2) is 11.5 Å². The van der Waals surface area contributed by atoms with Crippen LogP contribution in [-0.2, 0) is 11.2 Å². The molecule has 0 spiro atoms. The first-order valence-electron chi connectivity index (χ1n) is 7.90. The Morgan fingerprint density at radius 1 is 1.17 bits per heavy atom. The summed E-state index contributed by atoms with van der Waals surface area (Å²) >= 11 is 0. The van der Waals surface area contributed by atoms with Crippen molar-refractivity contribution in [3.63, 3.8) is 0 Å². The van der Waals surface area contributed by atoms with Crippen LogP contribution in [0.1, 0.15) is 33.9 Å². The normalized spacial score (nSPS) is 18.0. The van der Waals surface area contributed by atoms with E-state index in [0.717, 1.165) is 11.1 Å². The summed E-state index contributed by atoms with van der Waals surface area (Å²) in [6.45, 7) is 0.221. The number of fused-ring (bicyclic) bond motifs is 2. The SMILES string of the molecule is CN1C(=O)c2ccccc2C1CC(=O)Cc1ccc2c(c1)OCO2. The van der Waals surface area contributed by atoms with E-state index in [1.165, 1.54) is 0 Å². The number of carbonyl (C=O) groups is 2. The van der Waals surface area contributed by atoms with Gasteiger partial charge in [0.1, 0.15) is 5.78 Å². The molecule has 5 nitrogen and oxygen atoms in total. The molecular weight excluding hydrogens is 306 g/mol. The summed E-state index contributed by atoms with van der Waals surface area (Å²) in [5.74, 6) is 1.46. The standard InChI is InChI=1S/C19H17NO4/c1-20-16(14-4-2-3-5-15(14)19(20)22)10-13(21)8-12-6-7-17-18(9-12)24-11-23-17/h2-7,9,16H,8,10-11H2,1H3. The fraction of sp³-hybridized carbons (Fsp3) is 0.263. The lowest BCUT2D eigenvalue weighted by molar-refractivity contribution is -0.119. The molecule has 0 bridgehead atoms. The second kappa shape index (κ2) is 5.67. The number of benzene rings is 2. The molecule has 0 saturated heterocycles. The number of nitrogens with zero attached hydrogens (tertiary/aromatic N) is 1. The summed E-state index contributed by atoms with van der Waals surface area (Å²) in [5.41, 5.74) is 2.52. The second-order valence-electron chi connectivity index (χ2n) is 6.13. The van der Waals surface area contributed by atoms with E-state index in [4.69, 9.17) is 9.47 Å². The van der Waals surface area contributed by atoms with E-state index in [-0.39, 0.29) is 24.5 Å². The average molecular weight is 323 g/mol. The highest BCUT2D eigenvalue weighted by atomic mass is 16.7. The van der Waals surface area contributed by atoms with E-state index in [9.17, 15) is 9.59 Å². The van der Waals surface area contributed by atoms with Crippen molar-refractivity contribution in [1.29, 1.82) is 0 Å². The average Bonchev–Trinajstić information content (AvgIpc) is 3.14. The summed E-state index contributed by atoms with van der Waals surface area (Å²) in [7, 11) is 1.75. The molecule has 0 N–H and O–H groups in total. The summed E-state index contributed by atoms with van der Waals surface area (Å²) < 4.78 is 10.6. The molecule has 1 unspecified atom stereocenters. The molecule has 0 radical (unpaired) electrons. The molecule has 0 aliphatic carbocycles. The zero-order valence-corrected chi connectivity index (χ0v) is 13.3. The molecule has 0 fully saturated rings. The third-order valence-corrected chi connectivity index (χ3v) is 4.60. The Morgan fingerprint density at radius 3 is 2.83 bits per heavy atom. The van der Waals surface area contributed by atoms with Gasteiger partial charge in [-0.2, -0.15) is 0 Å². The number of Topliss-reactive ketones (excluding diaryl/α,β-unsaturated/α-hetero) is 1. The predicted octanol–water partition coefficient (Wildman–Crippen LogP) is 2.74. The van der Waals surface area contributed by atoms with Crippen molar-refractivity contribution in [1.82, 2.24) is 4.90 Å². The van der Waals surface area contributed by atoms with Crippen molar-refractivity contribution in [2.75, 3.05) is 13.8 Å². The van der Waals surface area contributed by atoms with Crippen LogP contribution in [0.2, 0.25) is 0 Å². The lowest BCUT2D eigenvalue weighted by Gasteiger charge is -2.20. The highest BCUT2D eigenvalue weighted by Gasteiger charge is 2.34.